The largest absolute Gasteiger partial charge is 0.481 e. The number of aliphatic hydroxyl groups excluding tert-OH is 1. The Bertz CT molecular complexity index is 1560. The number of aryl methyl sites for hydroxylation is 1. The molecule has 0 bridgehead atoms. The molecule has 0 unspecified atom stereocenters. The zero-order chi connectivity index (χ0) is 31.1. The van der Waals surface area contributed by atoms with Gasteiger partial charge in [-0.25, -0.2) is 0 Å². The van der Waals surface area contributed by atoms with Crippen LogP contribution in [-0.4, -0.2) is 44.1 Å². The molecule has 11 heteroatoms. The number of hydrogen-bond donors (Lipinski definition) is 3. The summed E-state index contributed by atoms with van der Waals surface area (Å²) < 4.78 is 14.1. The van der Waals surface area contributed by atoms with Crippen molar-refractivity contribution in [3.05, 3.63) is 100 Å². The highest BCUT2D eigenvalue weighted by Gasteiger charge is 2.38. The summed E-state index contributed by atoms with van der Waals surface area (Å²) in [5, 5.41) is 30.4. The van der Waals surface area contributed by atoms with Crippen LogP contribution in [0.3, 0.4) is 0 Å². The van der Waals surface area contributed by atoms with Crippen molar-refractivity contribution in [3.8, 4) is 11.1 Å². The number of aliphatic hydroxyl groups is 1. The molecule has 1 amide bonds. The predicted octanol–water partition coefficient (Wildman–Crippen LogP) is 6.07. The Kier molecular flexibility index (Phi) is 10.8. The van der Waals surface area contributed by atoms with Crippen molar-refractivity contribution in [2.75, 3.05) is 5.75 Å². The number of ether oxygens (including phenoxy) is 2. The maximum Gasteiger partial charge on any atom is 0.303 e. The number of nitrogens with one attached hydrogen (secondary N) is 1. The second kappa shape index (κ2) is 14.9. The summed E-state index contributed by atoms with van der Waals surface area (Å²) >= 11 is 3.21. The van der Waals surface area contributed by atoms with E-state index in [1.54, 1.807) is 23.1 Å². The summed E-state index contributed by atoms with van der Waals surface area (Å²) in [5.41, 5.74) is 5.71. The molecule has 0 spiro atoms. The van der Waals surface area contributed by atoms with E-state index in [1.165, 1.54) is 0 Å². The van der Waals surface area contributed by atoms with Crippen molar-refractivity contribution in [2.24, 2.45) is 5.92 Å². The van der Waals surface area contributed by atoms with Crippen LogP contribution in [0, 0.1) is 12.8 Å². The number of carboxylic acid groups (broad SMARTS) is 1. The minimum absolute atomic E-state index is 0.00961. The molecule has 4 atom stereocenters. The summed E-state index contributed by atoms with van der Waals surface area (Å²) in [7, 11) is 0. The lowest BCUT2D eigenvalue weighted by molar-refractivity contribution is -0.268. The van der Waals surface area contributed by atoms with Gasteiger partial charge in [0.25, 0.3) is 0 Å². The number of aromatic nitrogens is 2. The highest BCUT2D eigenvalue weighted by molar-refractivity contribution is 8.01. The zero-order valence-electron chi connectivity index (χ0n) is 24.5. The lowest BCUT2D eigenvalue weighted by Gasteiger charge is -2.41. The van der Waals surface area contributed by atoms with E-state index in [0.717, 1.165) is 42.7 Å². The molecule has 1 aliphatic heterocycles. The van der Waals surface area contributed by atoms with Gasteiger partial charge >= 0.3 is 5.97 Å². The van der Waals surface area contributed by atoms with E-state index in [4.69, 9.17) is 14.6 Å². The van der Waals surface area contributed by atoms with Crippen molar-refractivity contribution in [1.29, 1.82) is 0 Å². The van der Waals surface area contributed by atoms with Gasteiger partial charge in [0, 0.05) is 30.2 Å². The van der Waals surface area contributed by atoms with Gasteiger partial charge in [-0.15, -0.1) is 10.2 Å². The molecule has 3 N–H and O–H groups in total. The lowest BCUT2D eigenvalue weighted by Crippen LogP contribution is -2.38. The number of aliphatic carboxylic acids is 1. The SMILES string of the molecule is Cc1nnc(SC[C@@H]2O[C@H](c3ccc(-c4cccc(CNC(=O)CCC(=O)O)c4)cc3)O[C@H](c3ccc(CO)cc3)[C@@H]2C)s1. The molecular weight excluding hydrogens is 599 g/mol. The fourth-order valence-electron chi connectivity index (χ4n) is 5.00. The Labute approximate surface area is 264 Å². The van der Waals surface area contributed by atoms with Crippen LogP contribution in [0.1, 0.15) is 59.4 Å². The number of hydrogen-bond acceptors (Lipinski definition) is 9. The van der Waals surface area contributed by atoms with Crippen LogP contribution in [-0.2, 0) is 32.2 Å². The normalized spacial score (nSPS) is 19.9. The third kappa shape index (κ3) is 8.30. The van der Waals surface area contributed by atoms with Crippen molar-refractivity contribution >= 4 is 35.0 Å². The van der Waals surface area contributed by atoms with Crippen LogP contribution in [0.2, 0.25) is 0 Å². The molecule has 4 aromatic rings. The van der Waals surface area contributed by atoms with E-state index in [0.29, 0.717) is 12.3 Å². The van der Waals surface area contributed by atoms with Gasteiger partial charge in [-0.1, -0.05) is 96.8 Å². The third-order valence-corrected chi connectivity index (χ3v) is 9.56. The van der Waals surface area contributed by atoms with Gasteiger partial charge in [-0.2, -0.15) is 0 Å². The third-order valence-electron chi connectivity index (χ3n) is 7.50. The van der Waals surface area contributed by atoms with Crippen LogP contribution in [0.25, 0.3) is 11.1 Å². The standard InChI is InChI=1S/C33H35N3O6S2/c1-20-28(19-43-33-36-35-21(2)44-33)41-32(42-31(20)25-8-6-22(18-37)7-9-25)26-12-10-24(11-13-26)27-5-3-4-23(16-27)17-34-29(38)14-15-30(39)40/h3-13,16,20,28,31-32,37H,14-15,17-19H2,1-2H3,(H,34,38)(H,39,40)/t20-,28+,31+,32+/m1/s1. The van der Waals surface area contributed by atoms with Gasteiger partial charge < -0.3 is 25.0 Å². The average Bonchev–Trinajstić information content (AvgIpc) is 3.47. The van der Waals surface area contributed by atoms with Crippen molar-refractivity contribution in [3.63, 3.8) is 0 Å². The highest BCUT2D eigenvalue weighted by atomic mass is 32.2. The monoisotopic (exact) mass is 633 g/mol. The van der Waals surface area contributed by atoms with E-state index in [-0.39, 0.29) is 43.5 Å². The predicted molar refractivity (Wildman–Crippen MR) is 169 cm³/mol. The minimum atomic E-state index is -0.992. The molecule has 2 heterocycles. The molecule has 9 nitrogen and oxygen atoms in total. The first-order chi connectivity index (χ1) is 21.3. The zero-order valence-corrected chi connectivity index (χ0v) is 26.1. The number of carbonyl (C=O) groups is 2. The second-order valence-electron chi connectivity index (χ2n) is 10.7. The lowest BCUT2D eigenvalue weighted by atomic mass is 9.91. The Balaban J connectivity index is 1.30. The smallest absolute Gasteiger partial charge is 0.303 e. The number of thioether (sulfide) groups is 1. The number of carbonyl (C=O) groups excluding carboxylic acids is 1. The van der Waals surface area contributed by atoms with E-state index in [9.17, 15) is 14.7 Å². The summed E-state index contributed by atoms with van der Waals surface area (Å²) in [6.07, 6.45) is -1.11. The topological polar surface area (TPSA) is 131 Å². The quantitative estimate of drug-likeness (QED) is 0.159. The second-order valence-corrected chi connectivity index (χ2v) is 13.2. The van der Waals surface area contributed by atoms with E-state index >= 15 is 0 Å². The number of carboxylic acids is 1. The molecule has 0 aliphatic carbocycles. The Morgan fingerprint density at radius 3 is 2.36 bits per heavy atom. The van der Waals surface area contributed by atoms with Gasteiger partial charge in [-0.3, -0.25) is 9.59 Å². The highest BCUT2D eigenvalue weighted by Crippen LogP contribution is 2.43. The first-order valence-corrected chi connectivity index (χ1v) is 16.2. The van der Waals surface area contributed by atoms with Gasteiger partial charge in [0.05, 0.1) is 25.2 Å². The summed E-state index contributed by atoms with van der Waals surface area (Å²) in [6.45, 7) is 4.40. The summed E-state index contributed by atoms with van der Waals surface area (Å²) in [5.74, 6) is -0.506. The van der Waals surface area contributed by atoms with Crippen molar-refractivity contribution < 1.29 is 29.3 Å². The number of amides is 1. The Morgan fingerprint density at radius 1 is 0.932 bits per heavy atom. The maximum absolute atomic E-state index is 11.9. The van der Waals surface area contributed by atoms with Crippen molar-refractivity contribution in [2.45, 2.75) is 62.7 Å². The fourth-order valence-corrected chi connectivity index (χ4v) is 7.01. The molecule has 3 aromatic carbocycles. The number of nitrogens with zero attached hydrogens (tertiary/aromatic N) is 2. The van der Waals surface area contributed by atoms with Crippen LogP contribution >= 0.6 is 23.1 Å². The minimum Gasteiger partial charge on any atom is -0.481 e. The molecule has 230 valence electrons. The van der Waals surface area contributed by atoms with E-state index in [1.807, 2.05) is 79.7 Å². The molecule has 1 fully saturated rings. The first-order valence-electron chi connectivity index (χ1n) is 14.4. The molecule has 0 radical (unpaired) electrons. The first kappa shape index (κ1) is 31.8. The number of rotatable bonds is 12. The van der Waals surface area contributed by atoms with E-state index < -0.39 is 12.3 Å². The van der Waals surface area contributed by atoms with Gasteiger partial charge in [0.15, 0.2) is 10.6 Å². The summed E-state index contributed by atoms with van der Waals surface area (Å²) in [4.78, 5) is 22.7. The molecule has 1 aromatic heterocycles. The average molecular weight is 634 g/mol. The van der Waals surface area contributed by atoms with Gasteiger partial charge in [0.2, 0.25) is 5.91 Å². The van der Waals surface area contributed by atoms with Gasteiger partial charge in [-0.05, 0) is 40.8 Å². The molecular formula is C33H35N3O6S2. The molecule has 0 saturated carbocycles. The van der Waals surface area contributed by atoms with Crippen LogP contribution in [0.4, 0.5) is 0 Å². The van der Waals surface area contributed by atoms with Crippen LogP contribution in [0.5, 0.6) is 0 Å². The molecule has 1 aliphatic rings. The van der Waals surface area contributed by atoms with Crippen LogP contribution in [0.15, 0.2) is 77.1 Å². The summed E-state index contributed by atoms with van der Waals surface area (Å²) in [6, 6.07) is 23.8. The molecule has 5 rings (SSSR count). The Morgan fingerprint density at radius 2 is 1.68 bits per heavy atom. The van der Waals surface area contributed by atoms with Gasteiger partial charge in [0.1, 0.15) is 5.01 Å². The number of benzene rings is 3. The van der Waals surface area contributed by atoms with Crippen molar-refractivity contribution in [1.82, 2.24) is 15.5 Å². The molecule has 44 heavy (non-hydrogen) atoms. The van der Waals surface area contributed by atoms with Crippen LogP contribution < -0.4 is 5.32 Å². The maximum atomic E-state index is 11.9. The fraction of sp³-hybridized carbons (Fsp3) is 0.333. The Hall–Kier alpha value is -3.61. The van der Waals surface area contributed by atoms with E-state index in [2.05, 4.69) is 22.4 Å². The molecule has 1 saturated heterocycles.